The van der Waals surface area contributed by atoms with E-state index >= 15 is 0 Å². The molecule has 0 bridgehead atoms. The largest absolute Gasteiger partial charge is 0.480 e. The fourth-order valence-corrected chi connectivity index (χ4v) is 4.77. The molecule has 11 heteroatoms. The minimum atomic E-state index is -1.13. The molecule has 35 heavy (non-hydrogen) atoms. The molecule has 3 N–H and O–H groups in total. The SMILES string of the molecule is CN1CCc2ccc(NC(=O)C(CCC(=O)N(C)CC(=O)O)NC(=O)c3ccc(Cl)s3)cc2CC1. The van der Waals surface area contributed by atoms with Crippen molar-refractivity contribution < 1.29 is 24.3 Å². The van der Waals surface area contributed by atoms with Crippen LogP contribution >= 0.6 is 22.9 Å². The van der Waals surface area contributed by atoms with Gasteiger partial charge in [-0.1, -0.05) is 17.7 Å². The number of carbonyl (C=O) groups is 4. The molecule has 1 aromatic heterocycles. The molecule has 3 amide bonds. The quantitative estimate of drug-likeness (QED) is 0.467. The zero-order valence-corrected chi connectivity index (χ0v) is 21.2. The predicted molar refractivity (Wildman–Crippen MR) is 135 cm³/mol. The molecule has 1 atom stereocenters. The highest BCUT2D eigenvalue weighted by Gasteiger charge is 2.25. The number of hydrogen-bond acceptors (Lipinski definition) is 6. The van der Waals surface area contributed by atoms with E-state index in [1.54, 1.807) is 12.1 Å². The van der Waals surface area contributed by atoms with E-state index in [9.17, 15) is 19.2 Å². The van der Waals surface area contributed by atoms with Crippen LogP contribution in [0.4, 0.5) is 5.69 Å². The number of carboxylic acids is 1. The molecular weight excluding hydrogens is 492 g/mol. The van der Waals surface area contributed by atoms with Gasteiger partial charge in [0.2, 0.25) is 11.8 Å². The van der Waals surface area contributed by atoms with E-state index in [1.165, 1.54) is 18.2 Å². The van der Waals surface area contributed by atoms with E-state index in [1.807, 2.05) is 18.2 Å². The lowest BCUT2D eigenvalue weighted by molar-refractivity contribution is -0.143. The maximum atomic E-state index is 13.2. The monoisotopic (exact) mass is 520 g/mol. The number of nitrogens with one attached hydrogen (secondary N) is 2. The van der Waals surface area contributed by atoms with Crippen molar-refractivity contribution in [3.8, 4) is 0 Å². The Morgan fingerprint density at radius 3 is 2.51 bits per heavy atom. The van der Waals surface area contributed by atoms with E-state index in [0.717, 1.165) is 42.2 Å². The van der Waals surface area contributed by atoms with E-state index in [4.69, 9.17) is 16.7 Å². The van der Waals surface area contributed by atoms with Crippen molar-refractivity contribution in [2.75, 3.05) is 39.0 Å². The highest BCUT2D eigenvalue weighted by Crippen LogP contribution is 2.22. The first-order valence-corrected chi connectivity index (χ1v) is 12.4. The van der Waals surface area contributed by atoms with Gasteiger partial charge in [-0.3, -0.25) is 19.2 Å². The number of likely N-dealkylation sites (N-methyl/N-ethyl adjacent to an activating group) is 2. The molecule has 2 heterocycles. The van der Waals surface area contributed by atoms with Crippen molar-refractivity contribution >= 4 is 52.3 Å². The highest BCUT2D eigenvalue weighted by atomic mass is 35.5. The van der Waals surface area contributed by atoms with Gasteiger partial charge in [-0.15, -0.1) is 11.3 Å². The van der Waals surface area contributed by atoms with Crippen LogP contribution in [-0.2, 0) is 27.2 Å². The first-order valence-electron chi connectivity index (χ1n) is 11.3. The van der Waals surface area contributed by atoms with Gasteiger partial charge in [0.25, 0.3) is 5.91 Å². The number of thiophene rings is 1. The summed E-state index contributed by atoms with van der Waals surface area (Å²) >= 11 is 7.01. The fourth-order valence-electron chi connectivity index (χ4n) is 3.83. The van der Waals surface area contributed by atoms with Crippen LogP contribution in [0.1, 0.15) is 33.6 Å². The van der Waals surface area contributed by atoms with Gasteiger partial charge in [0, 0.05) is 32.2 Å². The summed E-state index contributed by atoms with van der Waals surface area (Å²) in [7, 11) is 3.46. The van der Waals surface area contributed by atoms with E-state index in [-0.39, 0.29) is 12.8 Å². The van der Waals surface area contributed by atoms with Crippen molar-refractivity contribution in [3.05, 3.63) is 50.7 Å². The van der Waals surface area contributed by atoms with E-state index in [0.29, 0.717) is 14.9 Å². The molecule has 0 spiro atoms. The van der Waals surface area contributed by atoms with Crippen molar-refractivity contribution in [2.45, 2.75) is 31.7 Å². The Labute approximate surface area is 213 Å². The summed E-state index contributed by atoms with van der Waals surface area (Å²) in [5.74, 6) is -2.50. The Bertz CT molecular complexity index is 1110. The topological polar surface area (TPSA) is 119 Å². The van der Waals surface area contributed by atoms with Crippen LogP contribution in [0.5, 0.6) is 0 Å². The second-order valence-electron chi connectivity index (χ2n) is 8.59. The van der Waals surface area contributed by atoms with Crippen LogP contribution in [0, 0.1) is 0 Å². The molecule has 0 aliphatic carbocycles. The maximum Gasteiger partial charge on any atom is 0.323 e. The van der Waals surface area contributed by atoms with Gasteiger partial charge in [-0.2, -0.15) is 0 Å². The zero-order valence-electron chi connectivity index (χ0n) is 19.7. The van der Waals surface area contributed by atoms with Crippen molar-refractivity contribution in [3.63, 3.8) is 0 Å². The molecule has 9 nitrogen and oxygen atoms in total. The van der Waals surface area contributed by atoms with Crippen molar-refractivity contribution in [1.82, 2.24) is 15.1 Å². The van der Waals surface area contributed by atoms with Gasteiger partial charge < -0.3 is 25.5 Å². The third-order valence-electron chi connectivity index (χ3n) is 5.86. The van der Waals surface area contributed by atoms with Gasteiger partial charge in [0.05, 0.1) is 9.21 Å². The molecule has 1 aromatic carbocycles. The first-order chi connectivity index (χ1) is 16.6. The average Bonchev–Trinajstić information content (AvgIpc) is 3.16. The molecule has 2 aromatic rings. The van der Waals surface area contributed by atoms with Crippen LogP contribution in [0.3, 0.4) is 0 Å². The molecule has 0 saturated carbocycles. The molecule has 1 unspecified atom stereocenters. The maximum absolute atomic E-state index is 13.2. The number of carbonyl (C=O) groups excluding carboxylic acids is 3. The normalized spacial score (nSPS) is 14.4. The lowest BCUT2D eigenvalue weighted by Gasteiger charge is -2.20. The Morgan fingerprint density at radius 1 is 1.14 bits per heavy atom. The molecule has 1 aliphatic rings. The summed E-state index contributed by atoms with van der Waals surface area (Å²) in [5, 5.41) is 14.4. The number of hydrogen-bond donors (Lipinski definition) is 3. The van der Waals surface area contributed by atoms with Gasteiger partial charge >= 0.3 is 5.97 Å². The number of fused-ring (bicyclic) bond motifs is 1. The van der Waals surface area contributed by atoms with Gasteiger partial charge in [0.1, 0.15) is 12.6 Å². The number of halogens is 1. The van der Waals surface area contributed by atoms with Gasteiger partial charge in [-0.05, 0) is 61.7 Å². The average molecular weight is 521 g/mol. The van der Waals surface area contributed by atoms with Gasteiger partial charge in [-0.25, -0.2) is 0 Å². The lowest BCUT2D eigenvalue weighted by atomic mass is 10.0. The summed E-state index contributed by atoms with van der Waals surface area (Å²) < 4.78 is 0.442. The molecule has 1 aliphatic heterocycles. The molecular formula is C24H29ClN4O5S. The third-order valence-corrected chi connectivity index (χ3v) is 7.09. The van der Waals surface area contributed by atoms with Crippen molar-refractivity contribution in [2.24, 2.45) is 0 Å². The number of nitrogens with zero attached hydrogens (tertiary/aromatic N) is 2. The second kappa shape index (κ2) is 12.1. The lowest BCUT2D eigenvalue weighted by Crippen LogP contribution is -2.44. The molecule has 0 fully saturated rings. The Balaban J connectivity index is 1.72. The molecule has 188 valence electrons. The smallest absolute Gasteiger partial charge is 0.323 e. The number of rotatable bonds is 9. The molecule has 0 radical (unpaired) electrons. The standard InChI is InChI=1S/C24H29ClN4O5S/c1-28-11-9-15-3-4-17(13-16(15)10-12-28)26-23(33)18(5-8-21(30)29(2)14-22(31)32)27-24(34)19-6-7-20(25)35-19/h3-4,6-7,13,18H,5,8-12,14H2,1-2H3,(H,26,33)(H,27,34)(H,31,32). The van der Waals surface area contributed by atoms with Crippen LogP contribution in [0.25, 0.3) is 0 Å². The minimum Gasteiger partial charge on any atom is -0.480 e. The fraction of sp³-hybridized carbons (Fsp3) is 0.417. The summed E-state index contributed by atoms with van der Waals surface area (Å²) in [6.07, 6.45) is 1.71. The third kappa shape index (κ3) is 7.78. The number of aliphatic carboxylic acids is 1. The number of benzene rings is 1. The van der Waals surface area contributed by atoms with Crippen LogP contribution in [-0.4, -0.2) is 78.4 Å². The Hall–Kier alpha value is -2.95. The van der Waals surface area contributed by atoms with Crippen LogP contribution in [0.15, 0.2) is 30.3 Å². The molecule has 0 saturated heterocycles. The van der Waals surface area contributed by atoms with Crippen molar-refractivity contribution in [1.29, 1.82) is 0 Å². The van der Waals surface area contributed by atoms with Gasteiger partial charge in [0.15, 0.2) is 0 Å². The zero-order chi connectivity index (χ0) is 25.5. The Morgan fingerprint density at radius 2 is 1.86 bits per heavy atom. The number of carboxylic acid groups (broad SMARTS) is 1. The summed E-state index contributed by atoms with van der Waals surface area (Å²) in [6.45, 7) is 1.46. The predicted octanol–water partition coefficient (Wildman–Crippen LogP) is 2.49. The van der Waals surface area contributed by atoms with E-state index in [2.05, 4.69) is 22.6 Å². The first kappa shape index (κ1) is 26.7. The summed E-state index contributed by atoms with van der Waals surface area (Å²) in [6, 6.07) is 7.95. The molecule has 3 rings (SSSR count). The van der Waals surface area contributed by atoms with Crippen LogP contribution < -0.4 is 10.6 Å². The second-order valence-corrected chi connectivity index (χ2v) is 10.3. The highest BCUT2D eigenvalue weighted by molar-refractivity contribution is 7.18. The number of anilines is 1. The number of amides is 3. The van der Waals surface area contributed by atoms with E-state index < -0.39 is 36.3 Å². The Kier molecular flexibility index (Phi) is 9.25. The summed E-state index contributed by atoms with van der Waals surface area (Å²) in [4.78, 5) is 52.8. The van der Waals surface area contributed by atoms with Crippen LogP contribution in [0.2, 0.25) is 4.34 Å². The summed E-state index contributed by atoms with van der Waals surface area (Å²) in [5.41, 5.74) is 3.04. The minimum absolute atomic E-state index is 0.00914.